The van der Waals surface area contributed by atoms with Gasteiger partial charge in [0, 0.05) is 36.1 Å². The molecule has 1 aliphatic heterocycles. The van der Waals surface area contributed by atoms with Gasteiger partial charge >= 0.3 is 6.16 Å². The van der Waals surface area contributed by atoms with Crippen molar-refractivity contribution in [3.8, 4) is 11.8 Å². The number of imidazole rings is 1. The Morgan fingerprint density at radius 1 is 1.07 bits per heavy atom. The van der Waals surface area contributed by atoms with Crippen LogP contribution in [0.5, 0.6) is 5.75 Å². The van der Waals surface area contributed by atoms with Gasteiger partial charge in [-0.2, -0.15) is 5.26 Å². The number of carbonyl (C=O) groups excluding carboxylic acids is 2. The molecule has 2 aromatic carbocycles. The number of hydrogen-bond donors (Lipinski definition) is 1. The number of aromatic nitrogens is 4. The van der Waals surface area contributed by atoms with Crippen molar-refractivity contribution in [2.75, 3.05) is 31.7 Å². The number of amides is 1. The zero-order valence-electron chi connectivity index (χ0n) is 35.1. The fourth-order valence-electron chi connectivity index (χ4n) is 6.61. The highest BCUT2D eigenvalue weighted by Crippen LogP contribution is 2.50. The van der Waals surface area contributed by atoms with Crippen LogP contribution in [0.2, 0.25) is 0 Å². The first-order chi connectivity index (χ1) is 28.6. The molecule has 3 heterocycles. The second-order valence-corrected chi connectivity index (χ2v) is 17.2. The van der Waals surface area contributed by atoms with E-state index in [1.807, 2.05) is 52.0 Å². The van der Waals surface area contributed by atoms with E-state index < -0.39 is 49.9 Å². The van der Waals surface area contributed by atoms with Crippen molar-refractivity contribution < 1.29 is 42.5 Å². The van der Waals surface area contributed by atoms with Crippen LogP contribution in [0.15, 0.2) is 61.2 Å². The molecule has 1 aliphatic rings. The van der Waals surface area contributed by atoms with Gasteiger partial charge < -0.3 is 33.3 Å². The van der Waals surface area contributed by atoms with Gasteiger partial charge in [0.2, 0.25) is 0 Å². The molecule has 1 saturated heterocycles. The molecule has 322 valence electrons. The average molecular weight is 849 g/mol. The second-order valence-electron chi connectivity index (χ2n) is 15.8. The van der Waals surface area contributed by atoms with E-state index in [-0.39, 0.29) is 68.3 Å². The number of fused-ring (bicyclic) bond motifs is 1. The van der Waals surface area contributed by atoms with E-state index in [9.17, 15) is 25.0 Å². The summed E-state index contributed by atoms with van der Waals surface area (Å²) in [5, 5.41) is 23.5. The zero-order chi connectivity index (χ0) is 43.6. The highest BCUT2D eigenvalue weighted by Gasteiger charge is 2.42. The first-order valence-corrected chi connectivity index (χ1v) is 20.8. The quantitative estimate of drug-likeness (QED) is 0.0311. The zero-order valence-corrected chi connectivity index (χ0v) is 36.0. The molecule has 0 bridgehead atoms. The van der Waals surface area contributed by atoms with E-state index in [1.54, 1.807) is 29.7 Å². The number of hydrogen-bond acceptors (Lipinski definition) is 15. The number of rotatable bonds is 19. The SMILES string of the molecule is CC(C)N(C(C)C)P(OCCC#N)O[C@H]1C[C@H](n2cnc3c(NC(=O)COc4ccc(C(C)(C)C)cc4)ncnc32)O[C@@H]1COC(=O)OC[C@H](C)c1ccccc1[N+](=O)[O-]. The van der Waals surface area contributed by atoms with Crippen LogP contribution in [0.3, 0.4) is 0 Å². The molecule has 2 aromatic heterocycles. The van der Waals surface area contributed by atoms with Crippen LogP contribution >= 0.6 is 8.53 Å². The van der Waals surface area contributed by atoms with Gasteiger partial charge in [-0.25, -0.2) is 24.4 Å². The molecule has 0 saturated carbocycles. The summed E-state index contributed by atoms with van der Waals surface area (Å²) in [7, 11) is -1.72. The third-order valence-electron chi connectivity index (χ3n) is 9.57. The van der Waals surface area contributed by atoms with Gasteiger partial charge in [0.15, 0.2) is 23.6 Å². The fourth-order valence-corrected chi connectivity index (χ4v) is 8.37. The van der Waals surface area contributed by atoms with Crippen molar-refractivity contribution >= 4 is 43.3 Å². The van der Waals surface area contributed by atoms with Crippen LogP contribution in [-0.4, -0.2) is 91.9 Å². The lowest BCUT2D eigenvalue weighted by Crippen LogP contribution is -2.37. The molecule has 0 spiro atoms. The average Bonchev–Trinajstić information content (AvgIpc) is 3.82. The molecule has 0 radical (unpaired) electrons. The van der Waals surface area contributed by atoms with Crippen LogP contribution < -0.4 is 10.1 Å². The van der Waals surface area contributed by atoms with Gasteiger partial charge in [-0.3, -0.25) is 19.5 Å². The molecule has 19 heteroatoms. The Bertz CT molecular complexity index is 2110. The van der Waals surface area contributed by atoms with Crippen LogP contribution in [-0.2, 0) is 33.5 Å². The predicted molar refractivity (Wildman–Crippen MR) is 222 cm³/mol. The van der Waals surface area contributed by atoms with Gasteiger partial charge in [-0.15, -0.1) is 0 Å². The molecule has 1 N–H and O–H groups in total. The monoisotopic (exact) mass is 848 g/mol. The number of ether oxygens (including phenoxy) is 4. The molecular weight excluding hydrogens is 795 g/mol. The van der Waals surface area contributed by atoms with Gasteiger partial charge in [-0.05, 0) is 50.8 Å². The Morgan fingerprint density at radius 2 is 1.78 bits per heavy atom. The molecule has 5 rings (SSSR count). The lowest BCUT2D eigenvalue weighted by molar-refractivity contribution is -0.385. The fraction of sp³-hybridized carbons (Fsp3) is 0.512. The number of nitro benzene ring substituents is 1. The highest BCUT2D eigenvalue weighted by molar-refractivity contribution is 7.44. The summed E-state index contributed by atoms with van der Waals surface area (Å²) >= 11 is 0. The van der Waals surface area contributed by atoms with Crippen molar-refractivity contribution in [3.05, 3.63) is 82.4 Å². The van der Waals surface area contributed by atoms with Crippen LogP contribution in [0.25, 0.3) is 11.2 Å². The number of nitrogens with one attached hydrogen (secondary N) is 1. The molecule has 0 aliphatic carbocycles. The molecular formula is C41H53N8O10P. The summed E-state index contributed by atoms with van der Waals surface area (Å²) in [6, 6.07) is 16.0. The van der Waals surface area contributed by atoms with Crippen molar-refractivity contribution in [2.45, 2.75) is 110 Å². The van der Waals surface area contributed by atoms with E-state index in [0.717, 1.165) is 5.56 Å². The van der Waals surface area contributed by atoms with Gasteiger partial charge in [0.1, 0.15) is 37.6 Å². The van der Waals surface area contributed by atoms with Gasteiger partial charge in [0.25, 0.3) is 20.1 Å². The van der Waals surface area contributed by atoms with E-state index in [2.05, 4.69) is 51.8 Å². The topological polar surface area (TPSA) is 215 Å². The highest BCUT2D eigenvalue weighted by atomic mass is 31.2. The number of benzene rings is 2. The number of para-hydroxylation sites is 1. The molecule has 1 amide bonds. The summed E-state index contributed by atoms with van der Waals surface area (Å²) in [6.45, 7) is 15.6. The minimum absolute atomic E-state index is 0.0192. The first kappa shape index (κ1) is 45.8. The van der Waals surface area contributed by atoms with Crippen LogP contribution in [0.4, 0.5) is 16.3 Å². The minimum Gasteiger partial charge on any atom is -0.484 e. The number of nitro groups is 1. The molecule has 60 heavy (non-hydrogen) atoms. The van der Waals surface area contributed by atoms with Gasteiger partial charge in [0.05, 0.1) is 36.5 Å². The van der Waals surface area contributed by atoms with Crippen molar-refractivity contribution in [2.24, 2.45) is 0 Å². The normalized spacial score (nSPS) is 17.7. The lowest BCUT2D eigenvalue weighted by atomic mass is 9.87. The Balaban J connectivity index is 1.31. The third-order valence-corrected chi connectivity index (χ3v) is 11.7. The first-order valence-electron chi connectivity index (χ1n) is 19.7. The smallest absolute Gasteiger partial charge is 0.484 e. The standard InChI is InChI=1S/C41H53N8O10P/c1-26(2)48(27(3)4)60(57-19-11-18-42)59-33-20-36(58-34(33)22-56-40(51)55-21-28(5)31-12-9-10-13-32(31)49(52)53)47-25-45-37-38(43-24-44-39(37)47)46-35(50)23-54-30-16-14-29(15-17-30)41(6,7)8/h9-10,12-17,24-28,33-34,36H,11,19-23H2,1-8H3,(H,43,44,46,50)/t28-,33-,34+,36+,60?/m0/s1. The van der Waals surface area contributed by atoms with Crippen molar-refractivity contribution in [3.63, 3.8) is 0 Å². The largest absolute Gasteiger partial charge is 0.508 e. The van der Waals surface area contributed by atoms with E-state index in [4.69, 9.17) is 28.0 Å². The van der Waals surface area contributed by atoms with E-state index >= 15 is 0 Å². The predicted octanol–water partition coefficient (Wildman–Crippen LogP) is 7.96. The molecule has 18 nitrogen and oxygen atoms in total. The van der Waals surface area contributed by atoms with E-state index in [1.165, 1.54) is 18.7 Å². The van der Waals surface area contributed by atoms with E-state index in [0.29, 0.717) is 22.5 Å². The van der Waals surface area contributed by atoms with Crippen molar-refractivity contribution in [1.82, 2.24) is 24.2 Å². The minimum atomic E-state index is -1.72. The molecule has 1 fully saturated rings. The van der Waals surface area contributed by atoms with Gasteiger partial charge in [-0.1, -0.05) is 58.0 Å². The molecule has 1 unspecified atom stereocenters. The summed E-state index contributed by atoms with van der Waals surface area (Å²) in [4.78, 5) is 50.2. The Morgan fingerprint density at radius 3 is 2.45 bits per heavy atom. The summed E-state index contributed by atoms with van der Waals surface area (Å²) < 4.78 is 39.8. The number of nitrogens with zero attached hydrogens (tertiary/aromatic N) is 7. The Labute approximate surface area is 350 Å². The number of anilines is 1. The summed E-state index contributed by atoms with van der Waals surface area (Å²) in [5.41, 5.74) is 2.15. The lowest BCUT2D eigenvalue weighted by Gasteiger charge is -2.37. The summed E-state index contributed by atoms with van der Waals surface area (Å²) in [5.74, 6) is -0.203. The summed E-state index contributed by atoms with van der Waals surface area (Å²) in [6.07, 6.45) is 0.0192. The Hall–Kier alpha value is -5.31. The Kier molecular flexibility index (Phi) is 15.9. The maximum Gasteiger partial charge on any atom is 0.508 e. The third kappa shape index (κ3) is 11.9. The van der Waals surface area contributed by atoms with Crippen molar-refractivity contribution in [1.29, 1.82) is 5.26 Å². The number of carbonyl (C=O) groups is 2. The molecule has 5 atom stereocenters. The maximum absolute atomic E-state index is 13.0. The van der Waals surface area contributed by atoms with Crippen LogP contribution in [0, 0.1) is 21.4 Å². The molecule has 4 aromatic rings. The second kappa shape index (κ2) is 20.8. The number of nitriles is 1. The van der Waals surface area contributed by atoms with Crippen LogP contribution in [0.1, 0.15) is 91.5 Å². The maximum atomic E-state index is 13.0.